The molecule has 0 aromatic heterocycles. The van der Waals surface area contributed by atoms with E-state index in [2.05, 4.69) is 5.32 Å². The van der Waals surface area contributed by atoms with Crippen molar-refractivity contribution in [2.24, 2.45) is 5.92 Å². The maximum atomic E-state index is 12.1. The smallest absolute Gasteiger partial charge is 0.225 e. The first-order valence-electron chi connectivity index (χ1n) is 6.77. The number of rotatable bonds is 3. The van der Waals surface area contributed by atoms with E-state index in [4.69, 9.17) is 0 Å². The number of likely N-dealkylation sites (tertiary alicyclic amines) is 1. The summed E-state index contributed by atoms with van der Waals surface area (Å²) in [6.07, 6.45) is 2.93. The van der Waals surface area contributed by atoms with Gasteiger partial charge in [0.15, 0.2) is 0 Å². The van der Waals surface area contributed by atoms with Crippen molar-refractivity contribution in [3.8, 4) is 0 Å². The average molecular weight is 303 g/mol. The third-order valence-corrected chi connectivity index (χ3v) is 5.18. The molecule has 0 saturated carbocycles. The van der Waals surface area contributed by atoms with Gasteiger partial charge in [0.05, 0.1) is 12.2 Å². The summed E-state index contributed by atoms with van der Waals surface area (Å²) in [5.74, 6) is -0.490. The van der Waals surface area contributed by atoms with Crippen molar-refractivity contribution in [1.82, 2.24) is 14.5 Å². The Morgan fingerprint density at radius 2 is 2.05 bits per heavy atom. The topological polar surface area (TPSA) is 86.8 Å². The van der Waals surface area contributed by atoms with E-state index in [0.29, 0.717) is 19.6 Å². The first kappa shape index (κ1) is 15.2. The Bertz CT molecular complexity index is 505. The third-order valence-electron chi connectivity index (χ3n) is 3.91. The van der Waals surface area contributed by atoms with Crippen LogP contribution in [0.25, 0.3) is 0 Å². The van der Waals surface area contributed by atoms with Crippen LogP contribution >= 0.6 is 0 Å². The van der Waals surface area contributed by atoms with Gasteiger partial charge in [-0.1, -0.05) is 0 Å². The van der Waals surface area contributed by atoms with Crippen molar-refractivity contribution in [1.29, 1.82) is 0 Å². The molecule has 0 spiro atoms. The van der Waals surface area contributed by atoms with E-state index in [1.807, 2.05) is 0 Å². The summed E-state index contributed by atoms with van der Waals surface area (Å²) in [4.78, 5) is 25.1. The highest BCUT2D eigenvalue weighted by Gasteiger charge is 2.34. The molecule has 0 aromatic rings. The van der Waals surface area contributed by atoms with Crippen LogP contribution in [0.1, 0.15) is 19.3 Å². The molecule has 7 nitrogen and oxygen atoms in total. The van der Waals surface area contributed by atoms with Crippen molar-refractivity contribution in [2.45, 2.75) is 25.3 Å². The lowest BCUT2D eigenvalue weighted by molar-refractivity contribution is -0.128. The lowest BCUT2D eigenvalue weighted by Gasteiger charge is -2.31. The molecule has 0 radical (unpaired) electrons. The Balaban J connectivity index is 1.90. The van der Waals surface area contributed by atoms with Crippen LogP contribution in [0.3, 0.4) is 0 Å². The van der Waals surface area contributed by atoms with Crippen LogP contribution < -0.4 is 5.32 Å². The molecule has 1 N–H and O–H groups in total. The van der Waals surface area contributed by atoms with E-state index in [1.54, 1.807) is 11.9 Å². The molecule has 2 amide bonds. The second kappa shape index (κ2) is 5.69. The molecule has 2 fully saturated rings. The van der Waals surface area contributed by atoms with Gasteiger partial charge in [-0.2, -0.15) is 0 Å². The van der Waals surface area contributed by atoms with Crippen LogP contribution in [-0.4, -0.2) is 68.4 Å². The molecule has 20 heavy (non-hydrogen) atoms. The zero-order valence-corrected chi connectivity index (χ0v) is 12.6. The Morgan fingerprint density at radius 1 is 1.35 bits per heavy atom. The van der Waals surface area contributed by atoms with Gasteiger partial charge in [0, 0.05) is 39.1 Å². The van der Waals surface area contributed by atoms with Crippen molar-refractivity contribution < 1.29 is 18.0 Å². The predicted molar refractivity (Wildman–Crippen MR) is 73.3 cm³/mol. The van der Waals surface area contributed by atoms with E-state index in [0.717, 1.165) is 12.8 Å². The number of sulfonamides is 1. The van der Waals surface area contributed by atoms with E-state index in [-0.39, 0.29) is 30.2 Å². The summed E-state index contributed by atoms with van der Waals surface area (Å²) in [5.41, 5.74) is 0. The highest BCUT2D eigenvalue weighted by Crippen LogP contribution is 2.18. The minimum atomic E-state index is -3.21. The van der Waals surface area contributed by atoms with Gasteiger partial charge in [-0.3, -0.25) is 9.59 Å². The van der Waals surface area contributed by atoms with Gasteiger partial charge >= 0.3 is 0 Å². The number of carbonyl (C=O) groups excluding carboxylic acids is 2. The SMILES string of the molecule is CN1C[C@H](C(=O)N[C@@H]2CCCN(S(C)(=O)=O)C2)CC1=O. The van der Waals surface area contributed by atoms with E-state index in [9.17, 15) is 18.0 Å². The molecule has 0 bridgehead atoms. The van der Waals surface area contributed by atoms with Gasteiger partial charge in [-0.25, -0.2) is 12.7 Å². The largest absolute Gasteiger partial charge is 0.352 e. The highest BCUT2D eigenvalue weighted by atomic mass is 32.2. The van der Waals surface area contributed by atoms with Crippen LogP contribution in [-0.2, 0) is 19.6 Å². The molecule has 8 heteroatoms. The third kappa shape index (κ3) is 3.49. The summed E-state index contributed by atoms with van der Waals surface area (Å²) in [6, 6.07) is -0.160. The average Bonchev–Trinajstić information content (AvgIpc) is 2.69. The zero-order valence-electron chi connectivity index (χ0n) is 11.8. The van der Waals surface area contributed by atoms with Gasteiger partial charge in [-0.15, -0.1) is 0 Å². The summed E-state index contributed by atoms with van der Waals surface area (Å²) in [5, 5.41) is 2.88. The number of hydrogen-bond acceptors (Lipinski definition) is 4. The number of amides is 2. The predicted octanol–water partition coefficient (Wildman–Crippen LogP) is -0.995. The Kier molecular flexibility index (Phi) is 4.33. The standard InChI is InChI=1S/C12H21N3O4S/c1-14-7-9(6-11(14)16)12(17)13-10-4-3-5-15(8-10)20(2,18)19/h9-10H,3-8H2,1-2H3,(H,13,17)/t9-,10-/m1/s1. The quantitative estimate of drug-likeness (QED) is 0.725. The van der Waals surface area contributed by atoms with Crippen molar-refractivity contribution in [2.75, 3.05) is 32.9 Å². The molecule has 114 valence electrons. The molecule has 2 aliphatic heterocycles. The fourth-order valence-electron chi connectivity index (χ4n) is 2.72. The van der Waals surface area contributed by atoms with Crippen LogP contribution in [0.5, 0.6) is 0 Å². The highest BCUT2D eigenvalue weighted by molar-refractivity contribution is 7.88. The molecule has 2 rings (SSSR count). The molecule has 0 aromatic carbocycles. The van der Waals surface area contributed by atoms with Crippen molar-refractivity contribution >= 4 is 21.8 Å². The Morgan fingerprint density at radius 3 is 2.60 bits per heavy atom. The number of carbonyl (C=O) groups is 2. The minimum Gasteiger partial charge on any atom is -0.352 e. The minimum absolute atomic E-state index is 0.0217. The maximum Gasteiger partial charge on any atom is 0.225 e. The molecule has 2 aliphatic rings. The van der Waals surface area contributed by atoms with Gasteiger partial charge in [-0.05, 0) is 12.8 Å². The summed E-state index contributed by atoms with van der Waals surface area (Å²) >= 11 is 0. The van der Waals surface area contributed by atoms with Crippen LogP contribution in [0.15, 0.2) is 0 Å². The lowest BCUT2D eigenvalue weighted by Crippen LogP contribution is -2.50. The van der Waals surface area contributed by atoms with Crippen LogP contribution in [0.2, 0.25) is 0 Å². The first-order chi connectivity index (χ1) is 9.27. The summed E-state index contributed by atoms with van der Waals surface area (Å²) in [7, 11) is -1.53. The maximum absolute atomic E-state index is 12.1. The number of nitrogens with one attached hydrogen (secondary N) is 1. The number of piperidine rings is 1. The monoisotopic (exact) mass is 303 g/mol. The van der Waals surface area contributed by atoms with Gasteiger partial charge < -0.3 is 10.2 Å². The van der Waals surface area contributed by atoms with Crippen molar-refractivity contribution in [3.63, 3.8) is 0 Å². The fraction of sp³-hybridized carbons (Fsp3) is 0.833. The van der Waals surface area contributed by atoms with E-state index < -0.39 is 10.0 Å². The summed E-state index contributed by atoms with van der Waals surface area (Å²) in [6.45, 7) is 1.27. The molecule has 2 heterocycles. The number of nitrogens with zero attached hydrogens (tertiary/aromatic N) is 2. The number of hydrogen-bond donors (Lipinski definition) is 1. The molecule has 0 unspecified atom stereocenters. The van der Waals surface area contributed by atoms with Gasteiger partial charge in [0.2, 0.25) is 21.8 Å². The van der Waals surface area contributed by atoms with Crippen LogP contribution in [0.4, 0.5) is 0 Å². The van der Waals surface area contributed by atoms with Crippen molar-refractivity contribution in [3.05, 3.63) is 0 Å². The first-order valence-corrected chi connectivity index (χ1v) is 8.61. The Hall–Kier alpha value is -1.15. The second-order valence-corrected chi connectivity index (χ2v) is 7.63. The molecule has 2 saturated heterocycles. The van der Waals surface area contributed by atoms with E-state index in [1.165, 1.54) is 10.6 Å². The second-order valence-electron chi connectivity index (χ2n) is 5.64. The van der Waals surface area contributed by atoms with Crippen LogP contribution in [0, 0.1) is 5.92 Å². The van der Waals surface area contributed by atoms with Gasteiger partial charge in [0.25, 0.3) is 0 Å². The summed E-state index contributed by atoms with van der Waals surface area (Å²) < 4.78 is 24.4. The zero-order chi connectivity index (χ0) is 14.9. The fourth-order valence-corrected chi connectivity index (χ4v) is 3.63. The molecule has 0 aliphatic carbocycles. The molecule has 2 atom stereocenters. The van der Waals surface area contributed by atoms with E-state index >= 15 is 0 Å². The molecular weight excluding hydrogens is 282 g/mol. The normalized spacial score (nSPS) is 28.7. The molecular formula is C12H21N3O4S. The van der Waals surface area contributed by atoms with Gasteiger partial charge in [0.1, 0.15) is 0 Å². The Labute approximate surface area is 119 Å². The lowest BCUT2D eigenvalue weighted by atomic mass is 10.0.